The average Bonchev–Trinajstić information content (AvgIpc) is 2.93. The Labute approximate surface area is 141 Å². The standard InChI is InChI=1S/C17H24N4OS/c1-5-6-14(4)19-16(22)10-23-17-20-18-11-21(17)15-8-7-12(2)9-13(15)3/h7-9,11,14H,5-6,10H2,1-4H3,(H,19,22). The number of aryl methyl sites for hydroxylation is 2. The van der Waals surface area contributed by atoms with Crippen LogP contribution in [0.5, 0.6) is 0 Å². The topological polar surface area (TPSA) is 59.8 Å². The fraction of sp³-hybridized carbons (Fsp3) is 0.471. The number of carbonyl (C=O) groups is 1. The summed E-state index contributed by atoms with van der Waals surface area (Å²) in [6.45, 7) is 8.28. The van der Waals surface area contributed by atoms with Crippen molar-refractivity contribution in [3.8, 4) is 5.69 Å². The van der Waals surface area contributed by atoms with Crippen LogP contribution in [0.2, 0.25) is 0 Å². The second-order valence-corrected chi connectivity index (χ2v) is 6.76. The number of thioether (sulfide) groups is 1. The van der Waals surface area contributed by atoms with Crippen molar-refractivity contribution in [2.75, 3.05) is 5.75 Å². The number of nitrogens with one attached hydrogen (secondary N) is 1. The Hall–Kier alpha value is -1.82. The van der Waals surface area contributed by atoms with Crippen LogP contribution in [0.25, 0.3) is 5.69 Å². The minimum absolute atomic E-state index is 0.0335. The molecule has 1 N–H and O–H groups in total. The predicted molar refractivity (Wildman–Crippen MR) is 94.1 cm³/mol. The van der Waals surface area contributed by atoms with Crippen molar-refractivity contribution in [2.24, 2.45) is 0 Å². The van der Waals surface area contributed by atoms with Crippen LogP contribution in [0.15, 0.2) is 29.7 Å². The molecule has 2 aromatic rings. The molecule has 0 saturated carbocycles. The first-order valence-electron chi connectivity index (χ1n) is 7.91. The van der Waals surface area contributed by atoms with Crippen molar-refractivity contribution in [1.29, 1.82) is 0 Å². The van der Waals surface area contributed by atoms with E-state index < -0.39 is 0 Å². The Morgan fingerprint density at radius 3 is 2.87 bits per heavy atom. The quantitative estimate of drug-likeness (QED) is 0.791. The molecule has 2 rings (SSSR count). The van der Waals surface area contributed by atoms with Gasteiger partial charge >= 0.3 is 0 Å². The van der Waals surface area contributed by atoms with Crippen molar-refractivity contribution >= 4 is 17.7 Å². The van der Waals surface area contributed by atoms with E-state index in [9.17, 15) is 4.79 Å². The molecule has 0 spiro atoms. The van der Waals surface area contributed by atoms with Gasteiger partial charge in [-0.3, -0.25) is 9.36 Å². The van der Waals surface area contributed by atoms with Gasteiger partial charge in [0.05, 0.1) is 11.4 Å². The molecule has 1 heterocycles. The Balaban J connectivity index is 2.03. The molecule has 0 radical (unpaired) electrons. The predicted octanol–water partition coefficient (Wildman–Crippen LogP) is 3.28. The highest BCUT2D eigenvalue weighted by molar-refractivity contribution is 7.99. The summed E-state index contributed by atoms with van der Waals surface area (Å²) in [5.41, 5.74) is 3.42. The van der Waals surface area contributed by atoms with Gasteiger partial charge in [-0.05, 0) is 38.8 Å². The lowest BCUT2D eigenvalue weighted by atomic mass is 10.1. The van der Waals surface area contributed by atoms with Gasteiger partial charge in [0.2, 0.25) is 5.91 Å². The van der Waals surface area contributed by atoms with Gasteiger partial charge in [-0.2, -0.15) is 0 Å². The van der Waals surface area contributed by atoms with Crippen molar-refractivity contribution in [3.05, 3.63) is 35.7 Å². The summed E-state index contributed by atoms with van der Waals surface area (Å²) < 4.78 is 1.93. The molecule has 0 saturated heterocycles. The van der Waals surface area contributed by atoms with E-state index in [1.165, 1.54) is 17.3 Å². The molecule has 5 nitrogen and oxygen atoms in total. The van der Waals surface area contributed by atoms with Gasteiger partial charge in [0.15, 0.2) is 5.16 Å². The van der Waals surface area contributed by atoms with Crippen LogP contribution >= 0.6 is 11.8 Å². The first-order valence-corrected chi connectivity index (χ1v) is 8.89. The van der Waals surface area contributed by atoms with Gasteiger partial charge in [-0.15, -0.1) is 10.2 Å². The first kappa shape index (κ1) is 17.5. The van der Waals surface area contributed by atoms with E-state index in [0.717, 1.165) is 29.2 Å². The summed E-state index contributed by atoms with van der Waals surface area (Å²) in [5.74, 6) is 0.378. The highest BCUT2D eigenvalue weighted by Crippen LogP contribution is 2.22. The Morgan fingerprint density at radius 1 is 1.39 bits per heavy atom. The maximum atomic E-state index is 12.0. The van der Waals surface area contributed by atoms with Crippen LogP contribution < -0.4 is 5.32 Å². The first-order chi connectivity index (χ1) is 11.0. The number of hydrogen-bond acceptors (Lipinski definition) is 4. The summed E-state index contributed by atoms with van der Waals surface area (Å²) in [7, 11) is 0. The average molecular weight is 332 g/mol. The molecule has 1 unspecified atom stereocenters. The van der Waals surface area contributed by atoms with Crippen LogP contribution in [0.3, 0.4) is 0 Å². The molecule has 6 heteroatoms. The molecule has 1 aromatic carbocycles. The van der Waals surface area contributed by atoms with Crippen molar-refractivity contribution in [1.82, 2.24) is 20.1 Å². The normalized spacial score (nSPS) is 12.2. The van der Waals surface area contributed by atoms with Gasteiger partial charge in [-0.1, -0.05) is 42.8 Å². The molecule has 1 amide bonds. The zero-order valence-electron chi connectivity index (χ0n) is 14.2. The van der Waals surface area contributed by atoms with Crippen LogP contribution in [0.1, 0.15) is 37.8 Å². The number of aromatic nitrogens is 3. The van der Waals surface area contributed by atoms with E-state index in [2.05, 4.69) is 54.5 Å². The van der Waals surface area contributed by atoms with E-state index in [-0.39, 0.29) is 11.9 Å². The van der Waals surface area contributed by atoms with Gasteiger partial charge < -0.3 is 5.32 Å². The molecular weight excluding hydrogens is 308 g/mol. The molecular formula is C17H24N4OS. The molecule has 0 bridgehead atoms. The summed E-state index contributed by atoms with van der Waals surface area (Å²) in [6.07, 6.45) is 3.75. The second-order valence-electron chi connectivity index (χ2n) is 5.82. The van der Waals surface area contributed by atoms with Crippen molar-refractivity contribution in [3.63, 3.8) is 0 Å². The molecule has 0 aliphatic heterocycles. The van der Waals surface area contributed by atoms with E-state index in [0.29, 0.717) is 5.75 Å². The largest absolute Gasteiger partial charge is 0.353 e. The van der Waals surface area contributed by atoms with Crippen LogP contribution in [-0.2, 0) is 4.79 Å². The van der Waals surface area contributed by atoms with Gasteiger partial charge in [0.1, 0.15) is 6.33 Å². The summed E-state index contributed by atoms with van der Waals surface area (Å²) in [5, 5.41) is 11.9. The lowest BCUT2D eigenvalue weighted by molar-refractivity contribution is -0.119. The number of benzene rings is 1. The summed E-state index contributed by atoms with van der Waals surface area (Å²) >= 11 is 1.41. The third-order valence-corrected chi connectivity index (χ3v) is 4.53. The number of nitrogens with zero attached hydrogens (tertiary/aromatic N) is 3. The molecule has 0 aliphatic rings. The Morgan fingerprint density at radius 2 is 2.17 bits per heavy atom. The second kappa shape index (κ2) is 8.15. The molecule has 124 valence electrons. The van der Waals surface area contributed by atoms with Crippen molar-refractivity contribution < 1.29 is 4.79 Å². The van der Waals surface area contributed by atoms with E-state index in [4.69, 9.17) is 0 Å². The zero-order chi connectivity index (χ0) is 16.8. The number of rotatable bonds is 7. The Bertz CT molecular complexity index is 668. The molecule has 1 atom stereocenters. The van der Waals surface area contributed by atoms with Gasteiger partial charge in [0.25, 0.3) is 0 Å². The third kappa shape index (κ3) is 4.82. The lowest BCUT2D eigenvalue weighted by Crippen LogP contribution is -2.33. The highest BCUT2D eigenvalue weighted by Gasteiger charge is 2.12. The van der Waals surface area contributed by atoms with Crippen molar-refractivity contribution in [2.45, 2.75) is 51.7 Å². The lowest BCUT2D eigenvalue weighted by Gasteiger charge is -2.13. The number of amides is 1. The number of carbonyl (C=O) groups excluding carboxylic acids is 1. The highest BCUT2D eigenvalue weighted by atomic mass is 32.2. The zero-order valence-corrected chi connectivity index (χ0v) is 15.0. The van der Waals surface area contributed by atoms with Gasteiger partial charge in [-0.25, -0.2) is 0 Å². The van der Waals surface area contributed by atoms with E-state index in [1.54, 1.807) is 6.33 Å². The maximum absolute atomic E-state index is 12.0. The van der Waals surface area contributed by atoms with Crippen LogP contribution in [-0.4, -0.2) is 32.5 Å². The van der Waals surface area contributed by atoms with E-state index >= 15 is 0 Å². The van der Waals surface area contributed by atoms with Crippen LogP contribution in [0.4, 0.5) is 0 Å². The Kier molecular flexibility index (Phi) is 6.21. The molecule has 23 heavy (non-hydrogen) atoms. The molecule has 1 aromatic heterocycles. The van der Waals surface area contributed by atoms with Crippen LogP contribution in [0, 0.1) is 13.8 Å². The number of hydrogen-bond donors (Lipinski definition) is 1. The minimum Gasteiger partial charge on any atom is -0.353 e. The van der Waals surface area contributed by atoms with E-state index in [1.807, 2.05) is 11.5 Å². The summed E-state index contributed by atoms with van der Waals surface area (Å²) in [4.78, 5) is 12.0. The fourth-order valence-corrected chi connectivity index (χ4v) is 3.25. The fourth-order valence-electron chi connectivity index (χ4n) is 2.52. The maximum Gasteiger partial charge on any atom is 0.230 e. The SMILES string of the molecule is CCCC(C)NC(=O)CSc1nncn1-c1ccc(C)cc1C. The minimum atomic E-state index is 0.0335. The molecule has 0 aliphatic carbocycles. The third-order valence-electron chi connectivity index (χ3n) is 3.59. The summed E-state index contributed by atoms with van der Waals surface area (Å²) in [6, 6.07) is 6.46. The monoisotopic (exact) mass is 332 g/mol. The van der Waals surface area contributed by atoms with Gasteiger partial charge in [0, 0.05) is 6.04 Å². The molecule has 0 fully saturated rings. The smallest absolute Gasteiger partial charge is 0.230 e.